The highest BCUT2D eigenvalue weighted by atomic mass is 32.2. The van der Waals surface area contributed by atoms with Gasteiger partial charge in [0.15, 0.2) is 5.03 Å². The van der Waals surface area contributed by atoms with E-state index in [1.807, 2.05) is 0 Å². The average Bonchev–Trinajstić information content (AvgIpc) is 2.39. The molecular formula is C11H17N3O3S. The number of aromatic nitrogens is 1. The van der Waals surface area contributed by atoms with Gasteiger partial charge in [-0.2, -0.15) is 0 Å². The smallest absolute Gasteiger partial charge is 0.258 e. The van der Waals surface area contributed by atoms with Crippen molar-refractivity contribution in [2.75, 3.05) is 13.2 Å². The van der Waals surface area contributed by atoms with Crippen molar-refractivity contribution in [3.05, 3.63) is 23.9 Å². The van der Waals surface area contributed by atoms with Gasteiger partial charge in [-0.05, 0) is 24.5 Å². The number of nitrogens with zero attached hydrogens (tertiary/aromatic N) is 1. The molecule has 1 aliphatic rings. The molecule has 0 atom stereocenters. The van der Waals surface area contributed by atoms with Crippen molar-refractivity contribution in [2.45, 2.75) is 30.5 Å². The Labute approximate surface area is 107 Å². The number of hydrogen-bond donors (Lipinski definition) is 2. The monoisotopic (exact) mass is 271 g/mol. The van der Waals surface area contributed by atoms with Crippen LogP contribution in [0.2, 0.25) is 0 Å². The van der Waals surface area contributed by atoms with E-state index in [4.69, 9.17) is 10.5 Å². The second-order valence-electron chi connectivity index (χ2n) is 4.22. The molecule has 0 amide bonds. The maximum Gasteiger partial charge on any atom is 0.258 e. The molecule has 0 aliphatic carbocycles. The summed E-state index contributed by atoms with van der Waals surface area (Å²) >= 11 is 0. The van der Waals surface area contributed by atoms with Crippen molar-refractivity contribution in [3.8, 4) is 0 Å². The van der Waals surface area contributed by atoms with Crippen LogP contribution in [-0.2, 0) is 21.3 Å². The van der Waals surface area contributed by atoms with Crippen LogP contribution in [0.4, 0.5) is 0 Å². The van der Waals surface area contributed by atoms with Gasteiger partial charge in [-0.1, -0.05) is 6.07 Å². The first kappa shape index (κ1) is 13.4. The van der Waals surface area contributed by atoms with Gasteiger partial charge in [-0.25, -0.2) is 18.1 Å². The molecule has 7 heteroatoms. The molecule has 0 aromatic carbocycles. The zero-order chi connectivity index (χ0) is 13.0. The van der Waals surface area contributed by atoms with Crippen LogP contribution in [0.3, 0.4) is 0 Å². The Morgan fingerprint density at radius 3 is 2.67 bits per heavy atom. The van der Waals surface area contributed by atoms with Crippen LogP contribution in [0.1, 0.15) is 18.4 Å². The highest BCUT2D eigenvalue weighted by Crippen LogP contribution is 2.12. The fourth-order valence-electron chi connectivity index (χ4n) is 1.79. The Hall–Kier alpha value is -1.02. The maximum atomic E-state index is 12.1. The second-order valence-corrected chi connectivity index (χ2v) is 5.88. The van der Waals surface area contributed by atoms with E-state index in [1.165, 1.54) is 12.3 Å². The normalized spacial score (nSPS) is 17.8. The summed E-state index contributed by atoms with van der Waals surface area (Å²) in [4.78, 5) is 3.92. The van der Waals surface area contributed by atoms with Crippen LogP contribution in [0, 0.1) is 0 Å². The molecule has 1 aliphatic heterocycles. The summed E-state index contributed by atoms with van der Waals surface area (Å²) in [6.07, 6.45) is 2.87. The number of nitrogens with one attached hydrogen (secondary N) is 1. The van der Waals surface area contributed by atoms with Gasteiger partial charge in [0.05, 0.1) is 0 Å². The van der Waals surface area contributed by atoms with Gasteiger partial charge in [-0.3, -0.25) is 0 Å². The first-order chi connectivity index (χ1) is 8.62. The van der Waals surface area contributed by atoms with Crippen molar-refractivity contribution in [1.82, 2.24) is 9.71 Å². The summed E-state index contributed by atoms with van der Waals surface area (Å²) < 4.78 is 31.9. The Kier molecular flexibility index (Phi) is 4.28. The molecule has 0 spiro atoms. The molecule has 6 nitrogen and oxygen atoms in total. The molecule has 2 rings (SSSR count). The summed E-state index contributed by atoms with van der Waals surface area (Å²) in [5, 5.41) is 0.0335. The minimum absolute atomic E-state index is 0.0335. The standard InChI is InChI=1S/C11H17N3O3S/c12-7-9-1-2-11(13-8-9)18(15,16)14-10-3-5-17-6-4-10/h1-2,8,10,14H,3-7,12H2. The summed E-state index contributed by atoms with van der Waals surface area (Å²) in [6.45, 7) is 1.53. The van der Waals surface area contributed by atoms with Gasteiger partial charge < -0.3 is 10.5 Å². The first-order valence-corrected chi connectivity index (χ1v) is 7.35. The molecule has 1 fully saturated rings. The number of rotatable bonds is 4. The number of hydrogen-bond acceptors (Lipinski definition) is 5. The lowest BCUT2D eigenvalue weighted by atomic mass is 10.1. The Morgan fingerprint density at radius 2 is 2.11 bits per heavy atom. The Bertz CT molecular complexity index is 481. The zero-order valence-electron chi connectivity index (χ0n) is 10.0. The van der Waals surface area contributed by atoms with Crippen molar-refractivity contribution in [2.24, 2.45) is 5.73 Å². The average molecular weight is 271 g/mol. The molecule has 100 valence electrons. The molecule has 0 bridgehead atoms. The molecule has 1 aromatic heterocycles. The van der Waals surface area contributed by atoms with E-state index in [1.54, 1.807) is 6.07 Å². The number of ether oxygens (including phenoxy) is 1. The maximum absolute atomic E-state index is 12.1. The largest absolute Gasteiger partial charge is 0.381 e. The molecular weight excluding hydrogens is 254 g/mol. The van der Waals surface area contributed by atoms with Gasteiger partial charge in [0.1, 0.15) is 0 Å². The van der Waals surface area contributed by atoms with Crippen molar-refractivity contribution in [1.29, 1.82) is 0 Å². The van der Waals surface area contributed by atoms with Crippen LogP contribution >= 0.6 is 0 Å². The number of sulfonamides is 1. The van der Waals surface area contributed by atoms with Crippen molar-refractivity contribution in [3.63, 3.8) is 0 Å². The van der Waals surface area contributed by atoms with Gasteiger partial charge in [0.25, 0.3) is 10.0 Å². The molecule has 0 saturated carbocycles. The summed E-state index contributed by atoms with van der Waals surface area (Å²) in [6, 6.07) is 3.08. The quantitative estimate of drug-likeness (QED) is 0.803. The molecule has 0 unspecified atom stereocenters. The van der Waals surface area contributed by atoms with Crippen LogP contribution < -0.4 is 10.5 Å². The van der Waals surface area contributed by atoms with Crippen molar-refractivity contribution < 1.29 is 13.2 Å². The minimum atomic E-state index is -3.54. The van der Waals surface area contributed by atoms with E-state index in [2.05, 4.69) is 9.71 Å². The lowest BCUT2D eigenvalue weighted by Crippen LogP contribution is -2.39. The van der Waals surface area contributed by atoms with E-state index in [9.17, 15) is 8.42 Å². The van der Waals surface area contributed by atoms with E-state index in [0.717, 1.165) is 5.56 Å². The molecule has 3 N–H and O–H groups in total. The molecule has 0 radical (unpaired) electrons. The lowest BCUT2D eigenvalue weighted by molar-refractivity contribution is 0.0832. The minimum Gasteiger partial charge on any atom is -0.381 e. The lowest BCUT2D eigenvalue weighted by Gasteiger charge is -2.22. The molecule has 2 heterocycles. The zero-order valence-corrected chi connectivity index (χ0v) is 10.8. The molecule has 18 heavy (non-hydrogen) atoms. The Balaban J connectivity index is 2.08. The van der Waals surface area contributed by atoms with E-state index in [-0.39, 0.29) is 11.1 Å². The third kappa shape index (κ3) is 3.26. The molecule has 1 aromatic rings. The van der Waals surface area contributed by atoms with E-state index >= 15 is 0 Å². The molecule has 1 saturated heterocycles. The van der Waals surface area contributed by atoms with Crippen molar-refractivity contribution >= 4 is 10.0 Å². The van der Waals surface area contributed by atoms with Crippen LogP contribution in [0.25, 0.3) is 0 Å². The topological polar surface area (TPSA) is 94.3 Å². The van der Waals surface area contributed by atoms with Gasteiger partial charge in [0, 0.05) is 32.0 Å². The summed E-state index contributed by atoms with van der Waals surface area (Å²) in [5.74, 6) is 0. The Morgan fingerprint density at radius 1 is 1.39 bits per heavy atom. The first-order valence-electron chi connectivity index (χ1n) is 5.87. The SMILES string of the molecule is NCc1ccc(S(=O)(=O)NC2CCOCC2)nc1. The number of nitrogens with two attached hydrogens (primary N) is 1. The third-order valence-corrected chi connectivity index (χ3v) is 4.29. The summed E-state index contributed by atoms with van der Waals surface area (Å²) in [7, 11) is -3.54. The second kappa shape index (κ2) is 5.75. The fraction of sp³-hybridized carbons (Fsp3) is 0.545. The summed E-state index contributed by atoms with van der Waals surface area (Å²) in [5.41, 5.74) is 6.24. The van der Waals surface area contributed by atoms with Gasteiger partial charge in [0.2, 0.25) is 0 Å². The number of pyridine rings is 1. The van der Waals surface area contributed by atoms with Gasteiger partial charge >= 0.3 is 0 Å². The van der Waals surface area contributed by atoms with Gasteiger partial charge in [-0.15, -0.1) is 0 Å². The highest BCUT2D eigenvalue weighted by molar-refractivity contribution is 7.89. The van der Waals surface area contributed by atoms with E-state index in [0.29, 0.717) is 32.6 Å². The predicted molar refractivity (Wildman–Crippen MR) is 66.3 cm³/mol. The highest BCUT2D eigenvalue weighted by Gasteiger charge is 2.22. The fourth-order valence-corrected chi connectivity index (χ4v) is 3.02. The predicted octanol–water partition coefficient (Wildman–Crippen LogP) is -0.00240. The van der Waals surface area contributed by atoms with E-state index < -0.39 is 10.0 Å². The third-order valence-electron chi connectivity index (χ3n) is 2.85. The van der Waals surface area contributed by atoms with Crippen LogP contribution in [0.5, 0.6) is 0 Å². The van der Waals surface area contributed by atoms with Crippen LogP contribution in [-0.4, -0.2) is 32.7 Å². The van der Waals surface area contributed by atoms with Crippen LogP contribution in [0.15, 0.2) is 23.4 Å².